The number of carbonyl (C=O) groups is 2. The molecule has 6 N–H and O–H groups in total. The highest BCUT2D eigenvalue weighted by atomic mass is 16.7. The van der Waals surface area contributed by atoms with E-state index in [2.05, 4.69) is 55.6 Å². The maximum absolute atomic E-state index is 13.1. The summed E-state index contributed by atoms with van der Waals surface area (Å²) in [5.41, 5.74) is 0. The Hall–Kier alpha value is -2.38. The normalized spacial score (nSPS) is 18.2. The molecule has 1 amide bonds. The van der Waals surface area contributed by atoms with Crippen LogP contribution in [-0.2, 0) is 23.8 Å². The topological polar surface area (TPSA) is 175 Å². The first-order valence-corrected chi connectivity index (χ1v) is 36.9. The van der Waals surface area contributed by atoms with Crippen LogP contribution in [0, 0.1) is 0 Å². The van der Waals surface area contributed by atoms with Gasteiger partial charge in [-0.25, -0.2) is 0 Å². The van der Waals surface area contributed by atoms with Crippen molar-refractivity contribution in [1.29, 1.82) is 0 Å². The third-order valence-corrected chi connectivity index (χ3v) is 17.4. The molecular weight excluding hydrogens is 1070 g/mol. The van der Waals surface area contributed by atoms with Gasteiger partial charge < -0.3 is 45.1 Å². The van der Waals surface area contributed by atoms with Gasteiger partial charge in [0.2, 0.25) is 5.91 Å². The number of aliphatic hydroxyl groups excluding tert-OH is 5. The van der Waals surface area contributed by atoms with Crippen LogP contribution < -0.4 is 5.32 Å². The molecule has 1 rings (SSSR count). The van der Waals surface area contributed by atoms with Gasteiger partial charge in [0.15, 0.2) is 6.29 Å². The molecule has 0 spiro atoms. The first-order chi connectivity index (χ1) is 42.2. The number of aliphatic hydroxyl groups is 5. The molecule has 1 fully saturated rings. The maximum Gasteiger partial charge on any atom is 0.305 e. The van der Waals surface area contributed by atoms with E-state index in [9.17, 15) is 35.1 Å². The highest BCUT2D eigenvalue weighted by Crippen LogP contribution is 2.23. The quantitative estimate of drug-likeness (QED) is 0.0195. The summed E-state index contributed by atoms with van der Waals surface area (Å²) in [6, 6.07) is -0.827. The van der Waals surface area contributed by atoms with Crippen molar-refractivity contribution in [3.05, 3.63) is 48.6 Å². The van der Waals surface area contributed by atoms with Crippen molar-refractivity contribution in [3.8, 4) is 0 Å². The molecule has 7 unspecified atom stereocenters. The van der Waals surface area contributed by atoms with E-state index in [-0.39, 0.29) is 18.5 Å². The van der Waals surface area contributed by atoms with Crippen LogP contribution in [0.25, 0.3) is 0 Å². The molecule has 0 aromatic carbocycles. The molecule has 0 aromatic heterocycles. The van der Waals surface area contributed by atoms with Crippen molar-refractivity contribution in [1.82, 2.24) is 5.32 Å². The summed E-state index contributed by atoms with van der Waals surface area (Å²) < 4.78 is 16.7. The lowest BCUT2D eigenvalue weighted by atomic mass is 9.99. The molecule has 7 atom stereocenters. The Morgan fingerprint density at radius 3 is 1.22 bits per heavy atom. The number of carbonyl (C=O) groups excluding carboxylic acids is 2. The van der Waals surface area contributed by atoms with E-state index in [0.29, 0.717) is 19.4 Å². The van der Waals surface area contributed by atoms with Crippen molar-refractivity contribution < 1.29 is 49.3 Å². The summed E-state index contributed by atoms with van der Waals surface area (Å²) in [7, 11) is 0. The van der Waals surface area contributed by atoms with Crippen LogP contribution in [0.3, 0.4) is 0 Å². The van der Waals surface area contributed by atoms with E-state index in [4.69, 9.17) is 14.2 Å². The maximum atomic E-state index is 13.1. The van der Waals surface area contributed by atoms with E-state index < -0.39 is 49.5 Å². The summed E-state index contributed by atoms with van der Waals surface area (Å²) in [6.45, 7) is 4.35. The van der Waals surface area contributed by atoms with Gasteiger partial charge in [0.05, 0.1) is 32.0 Å². The van der Waals surface area contributed by atoms with Crippen molar-refractivity contribution in [2.24, 2.45) is 0 Å². The van der Waals surface area contributed by atoms with Crippen LogP contribution in [0.5, 0.6) is 0 Å². The molecule has 1 aliphatic rings. The first-order valence-electron chi connectivity index (χ1n) is 36.9. The molecule has 1 saturated heterocycles. The van der Waals surface area contributed by atoms with E-state index in [1.807, 2.05) is 6.08 Å². The monoisotopic (exact) mass is 1210 g/mol. The van der Waals surface area contributed by atoms with Crippen LogP contribution in [-0.4, -0.2) is 100 Å². The number of ether oxygens (including phenoxy) is 3. The lowest BCUT2D eigenvalue weighted by Gasteiger charge is -2.40. The predicted molar refractivity (Wildman–Crippen MR) is 361 cm³/mol. The number of rotatable bonds is 65. The van der Waals surface area contributed by atoms with Crippen LogP contribution in [0.4, 0.5) is 0 Å². The summed E-state index contributed by atoms with van der Waals surface area (Å²) >= 11 is 0. The fraction of sp³-hybridized carbons (Fsp3) is 0.867. The number of hydrogen-bond acceptors (Lipinski definition) is 10. The van der Waals surface area contributed by atoms with E-state index in [1.54, 1.807) is 6.08 Å². The highest BCUT2D eigenvalue weighted by Gasteiger charge is 2.44. The second kappa shape index (κ2) is 64.2. The summed E-state index contributed by atoms with van der Waals surface area (Å²) in [5, 5.41) is 54.5. The molecule has 504 valence electrons. The summed E-state index contributed by atoms with van der Waals surface area (Å²) in [6.07, 6.45) is 74.0. The number of amides is 1. The Morgan fingerprint density at radius 1 is 0.430 bits per heavy atom. The highest BCUT2D eigenvalue weighted by molar-refractivity contribution is 5.76. The fourth-order valence-electron chi connectivity index (χ4n) is 11.6. The van der Waals surface area contributed by atoms with Gasteiger partial charge in [0.1, 0.15) is 24.4 Å². The largest absolute Gasteiger partial charge is 0.466 e. The molecule has 0 saturated carbocycles. The van der Waals surface area contributed by atoms with Gasteiger partial charge in [-0.15, -0.1) is 0 Å². The van der Waals surface area contributed by atoms with Crippen molar-refractivity contribution >= 4 is 11.9 Å². The standard InChI is InChI=1S/C75H139NO10/c1-3-5-7-9-11-13-15-16-38-42-45-49-53-57-61-68(78)67(66-85-75-74(83)73(82)72(81)69(65-77)86-75)76-70(79)62-58-54-50-46-43-39-36-34-32-30-28-26-24-22-20-18-17-19-21-23-25-27-29-31-33-35-37-40-44-48-52-56-60-64-84-71(80)63-59-55-51-47-41-14-12-10-8-6-4-2/h21,23,27,29,42,45,57,61,67-69,72-75,77-78,81-83H,3-20,22,24-26,28,30-41,43-44,46-56,58-60,62-66H2,1-2H3,(H,76,79)/b23-21-,29-27-,45-42+,61-57+. The number of allylic oxidation sites excluding steroid dienone is 7. The van der Waals surface area contributed by atoms with E-state index >= 15 is 0 Å². The smallest absolute Gasteiger partial charge is 0.305 e. The Bertz CT molecular complexity index is 1570. The first kappa shape index (κ1) is 81.6. The second-order valence-electron chi connectivity index (χ2n) is 25.6. The third kappa shape index (κ3) is 52.4. The Labute approximate surface area is 529 Å². The van der Waals surface area contributed by atoms with Crippen LogP contribution in [0.1, 0.15) is 354 Å². The van der Waals surface area contributed by atoms with Crippen molar-refractivity contribution in [3.63, 3.8) is 0 Å². The number of esters is 1. The molecule has 0 aromatic rings. The number of hydrogen-bond donors (Lipinski definition) is 6. The second-order valence-corrected chi connectivity index (χ2v) is 25.6. The molecule has 11 nitrogen and oxygen atoms in total. The van der Waals surface area contributed by atoms with Gasteiger partial charge in [-0.1, -0.05) is 313 Å². The zero-order chi connectivity index (χ0) is 62.3. The zero-order valence-corrected chi connectivity index (χ0v) is 56.0. The fourth-order valence-corrected chi connectivity index (χ4v) is 11.6. The third-order valence-electron chi connectivity index (χ3n) is 17.4. The molecule has 1 heterocycles. The Kier molecular flexibility index (Phi) is 60.9. The minimum absolute atomic E-state index is 0.00654. The number of nitrogens with one attached hydrogen (secondary N) is 1. The molecule has 0 radical (unpaired) electrons. The zero-order valence-electron chi connectivity index (χ0n) is 56.0. The average Bonchev–Trinajstić information content (AvgIpc) is 3.06. The Morgan fingerprint density at radius 2 is 0.791 bits per heavy atom. The molecule has 1 aliphatic heterocycles. The van der Waals surface area contributed by atoms with Crippen LogP contribution in [0.2, 0.25) is 0 Å². The predicted octanol–water partition coefficient (Wildman–Crippen LogP) is 19.1. The van der Waals surface area contributed by atoms with Crippen LogP contribution in [0.15, 0.2) is 48.6 Å². The molecule has 11 heteroatoms. The van der Waals surface area contributed by atoms with Gasteiger partial charge in [-0.2, -0.15) is 0 Å². The lowest BCUT2D eigenvalue weighted by molar-refractivity contribution is -0.302. The number of unbranched alkanes of at least 4 members (excludes halogenated alkanes) is 45. The Balaban J connectivity index is 1.98. The minimum Gasteiger partial charge on any atom is -0.466 e. The van der Waals surface area contributed by atoms with E-state index in [0.717, 1.165) is 64.2 Å². The van der Waals surface area contributed by atoms with Gasteiger partial charge in [-0.05, 0) is 77.0 Å². The molecule has 0 bridgehead atoms. The summed E-state index contributed by atoms with van der Waals surface area (Å²) in [5.74, 6) is -0.182. The lowest BCUT2D eigenvalue weighted by Crippen LogP contribution is -2.60. The van der Waals surface area contributed by atoms with Crippen LogP contribution >= 0.6 is 0 Å². The average molecular weight is 1210 g/mol. The van der Waals surface area contributed by atoms with Gasteiger partial charge in [-0.3, -0.25) is 9.59 Å². The van der Waals surface area contributed by atoms with Crippen molar-refractivity contribution in [2.45, 2.75) is 397 Å². The minimum atomic E-state index is -1.58. The summed E-state index contributed by atoms with van der Waals surface area (Å²) in [4.78, 5) is 25.1. The molecule has 86 heavy (non-hydrogen) atoms. The van der Waals surface area contributed by atoms with E-state index in [1.165, 1.54) is 263 Å². The molecule has 0 aliphatic carbocycles. The van der Waals surface area contributed by atoms with Gasteiger partial charge >= 0.3 is 5.97 Å². The van der Waals surface area contributed by atoms with Crippen molar-refractivity contribution in [2.75, 3.05) is 19.8 Å². The molecular formula is C75H139NO10. The SMILES string of the molecule is CCCCCCCCCC/C=C/CC/C=C/C(O)C(COC1OC(CO)C(O)C(O)C1O)NC(=O)CCCCCCCCCCCCCCCCCCC/C=C\C/C=C\CCCCCCCCCCCOC(=O)CCCCCCCCCCCCC. The van der Waals surface area contributed by atoms with Gasteiger partial charge in [0.25, 0.3) is 0 Å². The van der Waals surface area contributed by atoms with Gasteiger partial charge in [0, 0.05) is 12.8 Å².